The van der Waals surface area contributed by atoms with Gasteiger partial charge in [-0.15, -0.1) is 0 Å². The van der Waals surface area contributed by atoms with Gasteiger partial charge in [0.15, 0.2) is 6.61 Å². The smallest absolute Gasteiger partial charge is 0.258 e. The molecule has 9 heteroatoms. The molecule has 0 aliphatic carbocycles. The van der Waals surface area contributed by atoms with Crippen LogP contribution in [-0.2, 0) is 28.0 Å². The van der Waals surface area contributed by atoms with Crippen molar-refractivity contribution in [2.45, 2.75) is 32.7 Å². The quantitative estimate of drug-likeness (QED) is 0.710. The van der Waals surface area contributed by atoms with Crippen molar-refractivity contribution >= 4 is 22.9 Å². The van der Waals surface area contributed by atoms with Gasteiger partial charge in [0.25, 0.3) is 5.91 Å². The Morgan fingerprint density at radius 3 is 2.57 bits per heavy atom. The minimum absolute atomic E-state index is 0.0712. The van der Waals surface area contributed by atoms with Gasteiger partial charge < -0.3 is 18.9 Å². The first kappa shape index (κ1) is 21.8. The lowest BCUT2D eigenvalue weighted by Crippen LogP contribution is -2.28. The van der Waals surface area contributed by atoms with E-state index in [1.165, 1.54) is 25.2 Å². The summed E-state index contributed by atoms with van der Waals surface area (Å²) < 4.78 is 42.0. The third kappa shape index (κ3) is 6.00. The summed E-state index contributed by atoms with van der Waals surface area (Å²) >= 11 is -2.56. The SMILES string of the molecule is CN(c1ccc(CNC(=O)COc2ccc(C(C)(C)C)nc2)cc1F)S(=O)[O-]. The molecule has 1 N–H and O–H groups in total. The van der Waals surface area contributed by atoms with E-state index in [-0.39, 0.29) is 30.2 Å². The van der Waals surface area contributed by atoms with Gasteiger partial charge in [0.05, 0.1) is 11.9 Å². The van der Waals surface area contributed by atoms with Crippen LogP contribution in [0.15, 0.2) is 36.5 Å². The van der Waals surface area contributed by atoms with Gasteiger partial charge in [-0.1, -0.05) is 26.8 Å². The number of rotatable bonds is 7. The number of benzene rings is 1. The summed E-state index contributed by atoms with van der Waals surface area (Å²) in [5.74, 6) is -0.589. The first-order chi connectivity index (χ1) is 13.1. The summed E-state index contributed by atoms with van der Waals surface area (Å²) in [5, 5.41) is 2.62. The molecule has 0 spiro atoms. The molecule has 0 aliphatic heterocycles. The van der Waals surface area contributed by atoms with Crippen molar-refractivity contribution in [1.29, 1.82) is 0 Å². The van der Waals surface area contributed by atoms with Crippen LogP contribution in [0.1, 0.15) is 32.0 Å². The van der Waals surface area contributed by atoms with Gasteiger partial charge >= 0.3 is 0 Å². The maximum atomic E-state index is 14.0. The second kappa shape index (κ2) is 9.11. The Morgan fingerprint density at radius 1 is 1.32 bits per heavy atom. The van der Waals surface area contributed by atoms with E-state index in [2.05, 4.69) is 31.1 Å². The number of hydrogen-bond donors (Lipinski definition) is 1. The number of carbonyl (C=O) groups excluding carboxylic acids is 1. The number of pyridine rings is 1. The third-order valence-corrected chi connectivity index (χ3v) is 4.58. The van der Waals surface area contributed by atoms with E-state index in [1.807, 2.05) is 6.07 Å². The van der Waals surface area contributed by atoms with Crippen LogP contribution in [-0.4, -0.2) is 33.3 Å². The Kier molecular flexibility index (Phi) is 7.09. The van der Waals surface area contributed by atoms with Gasteiger partial charge in [-0.25, -0.2) is 4.39 Å². The number of carbonyl (C=O) groups is 1. The fourth-order valence-electron chi connectivity index (χ4n) is 2.31. The van der Waals surface area contributed by atoms with Crippen LogP contribution in [0.25, 0.3) is 0 Å². The Labute approximate surface area is 166 Å². The summed E-state index contributed by atoms with van der Waals surface area (Å²) in [6.07, 6.45) is 1.57. The molecule has 1 unspecified atom stereocenters. The molecule has 1 amide bonds. The summed E-state index contributed by atoms with van der Waals surface area (Å²) in [7, 11) is 1.24. The lowest BCUT2D eigenvalue weighted by atomic mass is 9.92. The fraction of sp³-hybridized carbons (Fsp3) is 0.368. The highest BCUT2D eigenvalue weighted by Gasteiger charge is 2.15. The molecule has 0 aliphatic rings. The molecule has 152 valence electrons. The second-order valence-corrected chi connectivity index (χ2v) is 8.18. The van der Waals surface area contributed by atoms with Gasteiger partial charge in [0.2, 0.25) is 0 Å². The van der Waals surface area contributed by atoms with Gasteiger partial charge in [-0.3, -0.25) is 14.0 Å². The zero-order chi connectivity index (χ0) is 20.9. The number of nitrogens with one attached hydrogen (secondary N) is 1. The normalized spacial score (nSPS) is 12.4. The largest absolute Gasteiger partial charge is 0.755 e. The highest BCUT2D eigenvalue weighted by Crippen LogP contribution is 2.22. The first-order valence-corrected chi connectivity index (χ1v) is 9.58. The number of nitrogens with zero attached hydrogens (tertiary/aromatic N) is 2. The highest BCUT2D eigenvalue weighted by molar-refractivity contribution is 7.80. The van der Waals surface area contributed by atoms with Gasteiger partial charge in [-0.05, 0) is 29.8 Å². The monoisotopic (exact) mass is 408 g/mol. The third-order valence-electron chi connectivity index (χ3n) is 3.94. The number of anilines is 1. The van der Waals surface area contributed by atoms with Gasteiger partial charge in [0, 0.05) is 36.0 Å². The van der Waals surface area contributed by atoms with Crippen LogP contribution in [0, 0.1) is 5.82 Å². The van der Waals surface area contributed by atoms with Crippen LogP contribution < -0.4 is 14.4 Å². The highest BCUT2D eigenvalue weighted by atomic mass is 32.2. The van der Waals surface area contributed by atoms with Crippen molar-refractivity contribution in [2.75, 3.05) is 18.0 Å². The molecule has 0 fully saturated rings. The van der Waals surface area contributed by atoms with Crippen molar-refractivity contribution in [3.8, 4) is 5.75 Å². The maximum Gasteiger partial charge on any atom is 0.258 e. The number of halogens is 1. The first-order valence-electron chi connectivity index (χ1n) is 8.55. The molecule has 1 aromatic carbocycles. The molecular formula is C19H23FN3O4S-. The number of amides is 1. The Bertz CT molecular complexity index is 853. The van der Waals surface area contributed by atoms with E-state index in [0.29, 0.717) is 11.3 Å². The molecule has 0 bridgehead atoms. The van der Waals surface area contributed by atoms with Crippen LogP contribution in [0.2, 0.25) is 0 Å². The van der Waals surface area contributed by atoms with Crippen molar-refractivity contribution in [3.63, 3.8) is 0 Å². The standard InChI is InChI=1S/C19H24FN3O4S/c1-19(2,3)17-8-6-14(11-21-17)27-12-18(24)22-10-13-5-7-16(15(20)9-13)23(4)28(25)26/h5-9,11H,10,12H2,1-4H3,(H,22,24)(H,25,26)/p-1. The molecule has 1 heterocycles. The predicted molar refractivity (Wildman–Crippen MR) is 104 cm³/mol. The zero-order valence-electron chi connectivity index (χ0n) is 16.2. The summed E-state index contributed by atoms with van der Waals surface area (Å²) in [4.78, 5) is 16.2. The molecule has 1 atom stereocenters. The Balaban J connectivity index is 1.85. The van der Waals surface area contributed by atoms with E-state index in [4.69, 9.17) is 4.74 Å². The number of ether oxygens (including phenoxy) is 1. The molecule has 28 heavy (non-hydrogen) atoms. The molecule has 2 rings (SSSR count). The molecule has 7 nitrogen and oxygen atoms in total. The second-order valence-electron chi connectivity index (χ2n) is 7.19. The summed E-state index contributed by atoms with van der Waals surface area (Å²) in [6.45, 7) is 6.05. The van der Waals surface area contributed by atoms with E-state index >= 15 is 0 Å². The minimum atomic E-state index is -2.56. The average molecular weight is 408 g/mol. The van der Waals surface area contributed by atoms with Crippen LogP contribution >= 0.6 is 0 Å². The minimum Gasteiger partial charge on any atom is -0.755 e. The van der Waals surface area contributed by atoms with E-state index < -0.39 is 17.1 Å². The predicted octanol–water partition coefficient (Wildman–Crippen LogP) is 2.44. The summed E-state index contributed by atoms with van der Waals surface area (Å²) in [6, 6.07) is 7.66. The van der Waals surface area contributed by atoms with E-state index in [1.54, 1.807) is 12.3 Å². The van der Waals surface area contributed by atoms with E-state index in [0.717, 1.165) is 10.00 Å². The van der Waals surface area contributed by atoms with Crippen LogP contribution in [0.3, 0.4) is 0 Å². The molecular weight excluding hydrogens is 385 g/mol. The number of aromatic nitrogens is 1. The average Bonchev–Trinajstić information content (AvgIpc) is 2.63. The van der Waals surface area contributed by atoms with Crippen LogP contribution in [0.4, 0.5) is 10.1 Å². The van der Waals surface area contributed by atoms with Gasteiger partial charge in [0.1, 0.15) is 11.6 Å². The van der Waals surface area contributed by atoms with Crippen molar-refractivity contribution in [2.24, 2.45) is 0 Å². The summed E-state index contributed by atoms with van der Waals surface area (Å²) in [5.41, 5.74) is 1.27. The molecule has 0 saturated carbocycles. The Morgan fingerprint density at radius 2 is 2.04 bits per heavy atom. The topological polar surface area (TPSA) is 94.6 Å². The van der Waals surface area contributed by atoms with E-state index in [9.17, 15) is 17.9 Å². The van der Waals surface area contributed by atoms with Crippen molar-refractivity contribution in [1.82, 2.24) is 10.3 Å². The lowest BCUT2D eigenvalue weighted by Gasteiger charge is -2.22. The maximum absolute atomic E-state index is 14.0. The Hall–Kier alpha value is -2.52. The molecule has 0 radical (unpaired) electrons. The molecule has 2 aromatic rings. The zero-order valence-corrected chi connectivity index (χ0v) is 17.0. The van der Waals surface area contributed by atoms with Gasteiger partial charge in [-0.2, -0.15) is 0 Å². The van der Waals surface area contributed by atoms with Crippen molar-refractivity contribution < 1.29 is 22.7 Å². The van der Waals surface area contributed by atoms with Crippen molar-refractivity contribution in [3.05, 3.63) is 53.6 Å². The fourth-order valence-corrected chi connectivity index (χ4v) is 2.61. The number of hydrogen-bond acceptors (Lipinski definition) is 5. The molecule has 0 saturated heterocycles. The lowest BCUT2D eigenvalue weighted by molar-refractivity contribution is -0.123. The van der Waals surface area contributed by atoms with Crippen LogP contribution in [0.5, 0.6) is 5.75 Å². The molecule has 1 aromatic heterocycles.